The van der Waals surface area contributed by atoms with Gasteiger partial charge in [-0.05, 0) is 60.5 Å². The van der Waals surface area contributed by atoms with Crippen LogP contribution in [-0.2, 0) is 21.2 Å². The van der Waals surface area contributed by atoms with Crippen LogP contribution in [0.15, 0.2) is 64.1 Å². The Morgan fingerprint density at radius 1 is 1.17 bits per heavy atom. The van der Waals surface area contributed by atoms with E-state index in [9.17, 15) is 13.2 Å². The van der Waals surface area contributed by atoms with Gasteiger partial charge in [0.25, 0.3) is 10.0 Å². The predicted octanol–water partition coefficient (Wildman–Crippen LogP) is 3.67. The van der Waals surface area contributed by atoms with Crippen molar-refractivity contribution in [2.75, 3.05) is 23.3 Å². The van der Waals surface area contributed by atoms with Crippen LogP contribution in [0.3, 0.4) is 0 Å². The Morgan fingerprint density at radius 2 is 2.00 bits per heavy atom. The van der Waals surface area contributed by atoms with E-state index in [0.717, 1.165) is 16.8 Å². The number of hydrogen-bond donors (Lipinski definition) is 1. The third-order valence-electron chi connectivity index (χ3n) is 4.89. The van der Waals surface area contributed by atoms with Gasteiger partial charge in [-0.3, -0.25) is 9.52 Å². The SMILES string of the molecule is COc1ccc(-c2ccco2)cc1NS(=O)(=O)c1ccc2c(c1)CCN2C(C)=O. The van der Waals surface area contributed by atoms with E-state index in [1.165, 1.54) is 20.1 Å². The zero-order chi connectivity index (χ0) is 20.6. The number of carbonyl (C=O) groups excluding carboxylic acids is 1. The standard InChI is InChI=1S/C21H20N2O5S/c1-14(24)23-10-9-15-12-17(6-7-19(15)23)29(25,26)22-18-13-16(5-8-21(18)27-2)20-4-3-11-28-20/h3-8,11-13,22H,9-10H2,1-2H3. The Morgan fingerprint density at radius 3 is 2.69 bits per heavy atom. The van der Waals surface area contributed by atoms with Gasteiger partial charge in [0.1, 0.15) is 11.5 Å². The molecule has 2 heterocycles. The summed E-state index contributed by atoms with van der Waals surface area (Å²) in [6.45, 7) is 2.06. The summed E-state index contributed by atoms with van der Waals surface area (Å²) in [7, 11) is -2.38. The summed E-state index contributed by atoms with van der Waals surface area (Å²) in [6, 6.07) is 13.5. The predicted molar refractivity (Wildman–Crippen MR) is 110 cm³/mol. The minimum absolute atomic E-state index is 0.0584. The minimum Gasteiger partial charge on any atom is -0.495 e. The van der Waals surface area contributed by atoms with Crippen molar-refractivity contribution in [1.82, 2.24) is 0 Å². The van der Waals surface area contributed by atoms with Gasteiger partial charge >= 0.3 is 0 Å². The third-order valence-corrected chi connectivity index (χ3v) is 6.25. The van der Waals surface area contributed by atoms with E-state index in [0.29, 0.717) is 30.2 Å². The van der Waals surface area contributed by atoms with Gasteiger partial charge in [0.05, 0.1) is 24.0 Å². The number of benzene rings is 2. The number of furan rings is 1. The molecule has 1 aliphatic heterocycles. The van der Waals surface area contributed by atoms with Gasteiger partial charge in [-0.25, -0.2) is 8.42 Å². The van der Waals surface area contributed by atoms with Crippen LogP contribution in [0, 0.1) is 0 Å². The molecule has 0 saturated heterocycles. The molecule has 3 aromatic rings. The number of nitrogens with zero attached hydrogens (tertiary/aromatic N) is 1. The van der Waals surface area contributed by atoms with Crippen molar-refractivity contribution in [1.29, 1.82) is 0 Å². The maximum absolute atomic E-state index is 13.0. The molecule has 4 rings (SSSR count). The maximum atomic E-state index is 13.0. The Hall–Kier alpha value is -3.26. The molecule has 1 N–H and O–H groups in total. The second kappa shape index (κ2) is 7.29. The minimum atomic E-state index is -3.85. The van der Waals surface area contributed by atoms with E-state index < -0.39 is 10.0 Å². The molecular formula is C21H20N2O5S. The summed E-state index contributed by atoms with van der Waals surface area (Å²) in [5.74, 6) is 0.958. The van der Waals surface area contributed by atoms with Gasteiger partial charge in [0.15, 0.2) is 0 Å². The molecule has 7 nitrogen and oxygen atoms in total. The van der Waals surface area contributed by atoms with Crippen LogP contribution in [0.1, 0.15) is 12.5 Å². The monoisotopic (exact) mass is 412 g/mol. The number of sulfonamides is 1. The summed E-state index contributed by atoms with van der Waals surface area (Å²) in [5.41, 5.74) is 2.63. The molecule has 1 amide bonds. The lowest BCUT2D eigenvalue weighted by Crippen LogP contribution is -2.25. The molecule has 0 fully saturated rings. The van der Waals surface area contributed by atoms with E-state index in [1.807, 2.05) is 0 Å². The van der Waals surface area contributed by atoms with Crippen LogP contribution >= 0.6 is 0 Å². The number of carbonyl (C=O) groups is 1. The van der Waals surface area contributed by atoms with Gasteiger partial charge < -0.3 is 14.1 Å². The molecule has 0 saturated carbocycles. The summed E-state index contributed by atoms with van der Waals surface area (Å²) in [5, 5.41) is 0. The van der Waals surface area contributed by atoms with Crippen molar-refractivity contribution in [3.8, 4) is 17.1 Å². The lowest BCUT2D eigenvalue weighted by atomic mass is 10.1. The van der Waals surface area contributed by atoms with Crippen LogP contribution in [0.25, 0.3) is 11.3 Å². The molecule has 29 heavy (non-hydrogen) atoms. The van der Waals surface area contributed by atoms with E-state index in [1.54, 1.807) is 53.6 Å². The van der Waals surface area contributed by atoms with E-state index in [-0.39, 0.29) is 10.8 Å². The Bertz CT molecular complexity index is 1170. The Balaban J connectivity index is 1.67. The largest absolute Gasteiger partial charge is 0.495 e. The van der Waals surface area contributed by atoms with Crippen LogP contribution in [-0.4, -0.2) is 28.0 Å². The van der Waals surface area contributed by atoms with Gasteiger partial charge in [0, 0.05) is 24.7 Å². The molecule has 1 aromatic heterocycles. The summed E-state index contributed by atoms with van der Waals surface area (Å²) < 4.78 is 39.3. The van der Waals surface area contributed by atoms with Gasteiger partial charge in [-0.15, -0.1) is 0 Å². The van der Waals surface area contributed by atoms with Gasteiger partial charge in [-0.2, -0.15) is 0 Å². The zero-order valence-corrected chi connectivity index (χ0v) is 16.8. The molecule has 0 unspecified atom stereocenters. The molecule has 0 radical (unpaired) electrons. The molecule has 0 bridgehead atoms. The molecule has 150 valence electrons. The highest BCUT2D eigenvalue weighted by molar-refractivity contribution is 7.92. The zero-order valence-electron chi connectivity index (χ0n) is 16.0. The fraction of sp³-hybridized carbons (Fsp3) is 0.190. The number of nitrogens with one attached hydrogen (secondary N) is 1. The highest BCUT2D eigenvalue weighted by Gasteiger charge is 2.25. The fourth-order valence-corrected chi connectivity index (χ4v) is 4.57. The quantitative estimate of drug-likeness (QED) is 0.691. The van der Waals surface area contributed by atoms with Crippen molar-refractivity contribution >= 4 is 27.3 Å². The van der Waals surface area contributed by atoms with E-state index in [4.69, 9.17) is 9.15 Å². The van der Waals surface area contributed by atoms with Crippen molar-refractivity contribution in [2.45, 2.75) is 18.2 Å². The molecule has 2 aromatic carbocycles. The molecular weight excluding hydrogens is 392 g/mol. The summed E-state index contributed by atoms with van der Waals surface area (Å²) in [6.07, 6.45) is 2.17. The number of ether oxygens (including phenoxy) is 1. The number of anilines is 2. The maximum Gasteiger partial charge on any atom is 0.262 e. The summed E-state index contributed by atoms with van der Waals surface area (Å²) in [4.78, 5) is 13.5. The van der Waals surface area contributed by atoms with Crippen LogP contribution < -0.4 is 14.4 Å². The highest BCUT2D eigenvalue weighted by Crippen LogP contribution is 2.34. The number of methoxy groups -OCH3 is 1. The first-order valence-electron chi connectivity index (χ1n) is 9.05. The fourth-order valence-electron chi connectivity index (χ4n) is 3.46. The van der Waals surface area contributed by atoms with E-state index in [2.05, 4.69) is 4.72 Å². The van der Waals surface area contributed by atoms with Crippen LogP contribution in [0.4, 0.5) is 11.4 Å². The number of hydrogen-bond acceptors (Lipinski definition) is 5. The van der Waals surface area contributed by atoms with E-state index >= 15 is 0 Å². The molecule has 8 heteroatoms. The smallest absolute Gasteiger partial charge is 0.262 e. The second-order valence-electron chi connectivity index (χ2n) is 6.71. The van der Waals surface area contributed by atoms with Crippen molar-refractivity contribution in [2.24, 2.45) is 0 Å². The van der Waals surface area contributed by atoms with Crippen molar-refractivity contribution in [3.05, 3.63) is 60.4 Å². The second-order valence-corrected chi connectivity index (χ2v) is 8.39. The van der Waals surface area contributed by atoms with Gasteiger partial charge in [-0.1, -0.05) is 0 Å². The van der Waals surface area contributed by atoms with Crippen molar-refractivity contribution in [3.63, 3.8) is 0 Å². The van der Waals surface area contributed by atoms with Crippen molar-refractivity contribution < 1.29 is 22.4 Å². The van der Waals surface area contributed by atoms with Crippen LogP contribution in [0.2, 0.25) is 0 Å². The lowest BCUT2D eigenvalue weighted by molar-refractivity contribution is -0.116. The third kappa shape index (κ3) is 3.58. The first-order valence-corrected chi connectivity index (χ1v) is 10.5. The molecule has 1 aliphatic rings. The number of amides is 1. The van der Waals surface area contributed by atoms with Crippen LogP contribution in [0.5, 0.6) is 5.75 Å². The first-order chi connectivity index (χ1) is 13.9. The lowest BCUT2D eigenvalue weighted by Gasteiger charge is -2.16. The molecule has 0 aliphatic carbocycles. The number of fused-ring (bicyclic) bond motifs is 1. The molecule has 0 spiro atoms. The topological polar surface area (TPSA) is 88.8 Å². The Kier molecular flexibility index (Phi) is 4.79. The summed E-state index contributed by atoms with van der Waals surface area (Å²) >= 11 is 0. The normalized spacial score (nSPS) is 13.2. The van der Waals surface area contributed by atoms with Gasteiger partial charge in [0.2, 0.25) is 5.91 Å². The highest BCUT2D eigenvalue weighted by atomic mass is 32.2. The average molecular weight is 412 g/mol. The average Bonchev–Trinajstić information content (AvgIpc) is 3.37. The number of rotatable bonds is 5. The molecule has 0 atom stereocenters. The Labute approximate surface area is 169 Å². The first kappa shape index (κ1) is 19.1.